The van der Waals surface area contributed by atoms with Gasteiger partial charge in [0.1, 0.15) is 28.8 Å². The van der Waals surface area contributed by atoms with Crippen LogP contribution in [0.3, 0.4) is 0 Å². The molecule has 4 rings (SSSR count). The lowest BCUT2D eigenvalue weighted by atomic mass is 9.75. The summed E-state index contributed by atoms with van der Waals surface area (Å²) in [7, 11) is -3.32. The van der Waals surface area contributed by atoms with Gasteiger partial charge in [0.25, 0.3) is 0 Å². The van der Waals surface area contributed by atoms with Crippen LogP contribution in [0.2, 0.25) is 0 Å². The predicted octanol–water partition coefficient (Wildman–Crippen LogP) is 4.24. The first kappa shape index (κ1) is 26.0. The standard InChI is InChI=1S/C26H26F3N3O3S/c1-14-10-15(11-21(30)26(14)36(2,34)35)17-8-9-31-13-16(17)12-23(33)22-7-6-20(29)25(32-22)24-18(27)4-3-5-19(24)28/h3-9,13-15,21,26H,10-12,30H2,1-2H3/t14-,15+,21+,26+/m0/s1. The Morgan fingerprint density at radius 1 is 1.06 bits per heavy atom. The Morgan fingerprint density at radius 2 is 1.75 bits per heavy atom. The number of halogens is 3. The maximum absolute atomic E-state index is 14.4. The number of Topliss-reactive ketones (excluding diaryl/α,β-unsaturated/α-hetero) is 1. The smallest absolute Gasteiger partial charge is 0.185 e. The zero-order valence-electron chi connectivity index (χ0n) is 19.8. The summed E-state index contributed by atoms with van der Waals surface area (Å²) in [4.78, 5) is 21.2. The molecule has 1 aliphatic rings. The highest BCUT2D eigenvalue weighted by Crippen LogP contribution is 2.39. The lowest BCUT2D eigenvalue weighted by Crippen LogP contribution is -2.48. The molecular weight excluding hydrogens is 491 g/mol. The highest BCUT2D eigenvalue weighted by molar-refractivity contribution is 7.91. The van der Waals surface area contributed by atoms with E-state index in [1.165, 1.54) is 12.3 Å². The minimum absolute atomic E-state index is 0.0805. The van der Waals surface area contributed by atoms with Gasteiger partial charge in [-0.05, 0) is 66.1 Å². The highest BCUT2D eigenvalue weighted by Gasteiger charge is 2.40. The monoisotopic (exact) mass is 517 g/mol. The Labute approximate surface area is 207 Å². The number of hydrogen-bond donors (Lipinski definition) is 1. The van der Waals surface area contributed by atoms with Gasteiger partial charge in [0.15, 0.2) is 15.6 Å². The van der Waals surface area contributed by atoms with Gasteiger partial charge >= 0.3 is 0 Å². The van der Waals surface area contributed by atoms with Crippen molar-refractivity contribution >= 4 is 15.6 Å². The number of carbonyl (C=O) groups excluding carboxylic acids is 1. The SMILES string of the molecule is C[C@H]1C[C@@H](c2ccncc2CC(=O)c2ccc(F)c(-c3c(F)cccc3F)n2)C[C@@H](N)[C@@H]1S(C)(=O)=O. The average molecular weight is 518 g/mol. The Bertz CT molecular complexity index is 1380. The van der Waals surface area contributed by atoms with Crippen molar-refractivity contribution in [1.29, 1.82) is 0 Å². The van der Waals surface area contributed by atoms with Crippen LogP contribution in [0.15, 0.2) is 48.8 Å². The molecule has 0 unspecified atom stereocenters. The number of aromatic nitrogens is 2. The number of hydrogen-bond acceptors (Lipinski definition) is 6. The highest BCUT2D eigenvalue weighted by atomic mass is 32.2. The van der Waals surface area contributed by atoms with E-state index >= 15 is 0 Å². The second-order valence-corrected chi connectivity index (χ2v) is 11.6. The molecule has 4 atom stereocenters. The summed E-state index contributed by atoms with van der Waals surface area (Å²) in [6.45, 7) is 1.86. The maximum Gasteiger partial charge on any atom is 0.185 e. The molecule has 3 aromatic rings. The fourth-order valence-electron chi connectivity index (χ4n) is 5.30. The van der Waals surface area contributed by atoms with Gasteiger partial charge in [0.05, 0.1) is 10.8 Å². The van der Waals surface area contributed by atoms with E-state index in [9.17, 15) is 26.4 Å². The molecule has 36 heavy (non-hydrogen) atoms. The summed E-state index contributed by atoms with van der Waals surface area (Å²) in [5.41, 5.74) is 6.34. The fraction of sp³-hybridized carbons (Fsp3) is 0.346. The van der Waals surface area contributed by atoms with Gasteiger partial charge < -0.3 is 5.73 Å². The number of ketones is 1. The van der Waals surface area contributed by atoms with Crippen LogP contribution in [0.5, 0.6) is 0 Å². The number of nitrogens with zero attached hydrogens (tertiary/aromatic N) is 2. The van der Waals surface area contributed by atoms with Crippen molar-refractivity contribution in [3.63, 3.8) is 0 Å². The van der Waals surface area contributed by atoms with E-state index in [4.69, 9.17) is 5.73 Å². The number of nitrogens with two attached hydrogens (primary N) is 1. The van der Waals surface area contributed by atoms with Crippen LogP contribution in [-0.4, -0.2) is 41.7 Å². The largest absolute Gasteiger partial charge is 0.326 e. The van der Waals surface area contributed by atoms with Crippen molar-refractivity contribution in [3.05, 3.63) is 83.1 Å². The van der Waals surface area contributed by atoms with Crippen molar-refractivity contribution in [3.8, 4) is 11.3 Å². The van der Waals surface area contributed by atoms with E-state index in [1.54, 1.807) is 18.5 Å². The second-order valence-electron chi connectivity index (χ2n) is 9.40. The summed E-state index contributed by atoms with van der Waals surface area (Å²) in [6, 6.07) is 6.49. The van der Waals surface area contributed by atoms with E-state index in [0.717, 1.165) is 29.8 Å². The van der Waals surface area contributed by atoms with Crippen LogP contribution in [-0.2, 0) is 16.3 Å². The van der Waals surface area contributed by atoms with Gasteiger partial charge in [-0.15, -0.1) is 0 Å². The summed E-state index contributed by atoms with van der Waals surface area (Å²) in [5, 5.41) is -0.638. The molecule has 2 heterocycles. The summed E-state index contributed by atoms with van der Waals surface area (Å²) >= 11 is 0. The minimum Gasteiger partial charge on any atom is -0.326 e. The van der Waals surface area contributed by atoms with E-state index in [2.05, 4.69) is 9.97 Å². The Balaban J connectivity index is 1.62. The molecule has 2 N–H and O–H groups in total. The molecule has 1 saturated carbocycles. The third-order valence-electron chi connectivity index (χ3n) is 6.75. The third kappa shape index (κ3) is 5.19. The van der Waals surface area contributed by atoms with Crippen molar-refractivity contribution < 1.29 is 26.4 Å². The first-order valence-corrected chi connectivity index (χ1v) is 13.4. The van der Waals surface area contributed by atoms with E-state index in [-0.39, 0.29) is 24.0 Å². The van der Waals surface area contributed by atoms with E-state index in [0.29, 0.717) is 18.4 Å². The number of benzene rings is 1. The van der Waals surface area contributed by atoms with Gasteiger partial charge in [0, 0.05) is 31.1 Å². The number of sulfone groups is 1. The molecule has 0 radical (unpaired) electrons. The first-order chi connectivity index (χ1) is 17.0. The van der Waals surface area contributed by atoms with Gasteiger partial charge in [-0.3, -0.25) is 9.78 Å². The molecule has 0 bridgehead atoms. The van der Waals surface area contributed by atoms with Gasteiger partial charge in [0.2, 0.25) is 0 Å². The van der Waals surface area contributed by atoms with Crippen LogP contribution in [0.25, 0.3) is 11.3 Å². The molecule has 1 aromatic carbocycles. The van der Waals surface area contributed by atoms with Crippen LogP contribution >= 0.6 is 0 Å². The predicted molar refractivity (Wildman–Crippen MR) is 130 cm³/mol. The summed E-state index contributed by atoms with van der Waals surface area (Å²) in [5.74, 6) is -3.68. The van der Waals surface area contributed by atoms with Crippen molar-refractivity contribution in [1.82, 2.24) is 9.97 Å². The van der Waals surface area contributed by atoms with Gasteiger partial charge in [-0.2, -0.15) is 0 Å². The third-order valence-corrected chi connectivity index (χ3v) is 8.56. The molecule has 2 aromatic heterocycles. The molecule has 6 nitrogen and oxygen atoms in total. The number of rotatable bonds is 6. The molecule has 1 fully saturated rings. The molecule has 10 heteroatoms. The van der Waals surface area contributed by atoms with Crippen LogP contribution < -0.4 is 5.73 Å². The number of pyridine rings is 2. The molecule has 0 amide bonds. The Hall–Kier alpha value is -3.11. The average Bonchev–Trinajstić information content (AvgIpc) is 2.79. The van der Waals surface area contributed by atoms with Crippen LogP contribution in [0.1, 0.15) is 47.3 Å². The molecule has 0 aliphatic heterocycles. The minimum atomic E-state index is -3.32. The topological polar surface area (TPSA) is 103 Å². The Morgan fingerprint density at radius 3 is 2.39 bits per heavy atom. The normalized spacial score (nSPS) is 22.4. The van der Waals surface area contributed by atoms with E-state index < -0.39 is 55.6 Å². The molecule has 1 aliphatic carbocycles. The quantitative estimate of drug-likeness (QED) is 0.491. The van der Waals surface area contributed by atoms with Crippen molar-refractivity contribution in [2.45, 2.75) is 43.4 Å². The molecule has 0 spiro atoms. The van der Waals surface area contributed by atoms with Crippen LogP contribution in [0, 0.1) is 23.4 Å². The first-order valence-electron chi connectivity index (χ1n) is 11.5. The lowest BCUT2D eigenvalue weighted by molar-refractivity contribution is 0.0987. The Kier molecular flexibility index (Phi) is 7.28. The molecule has 0 saturated heterocycles. The summed E-state index contributed by atoms with van der Waals surface area (Å²) < 4.78 is 67.3. The van der Waals surface area contributed by atoms with Crippen LogP contribution in [0.4, 0.5) is 13.2 Å². The number of carbonyl (C=O) groups is 1. The maximum atomic E-state index is 14.4. The fourth-order valence-corrected chi connectivity index (χ4v) is 7.00. The van der Waals surface area contributed by atoms with E-state index in [1.807, 2.05) is 6.92 Å². The molecular formula is C26H26F3N3O3S. The zero-order chi connectivity index (χ0) is 26.2. The van der Waals surface area contributed by atoms with Crippen molar-refractivity contribution in [2.24, 2.45) is 11.7 Å². The van der Waals surface area contributed by atoms with Gasteiger partial charge in [-0.1, -0.05) is 13.0 Å². The summed E-state index contributed by atoms with van der Waals surface area (Å²) in [6.07, 6.45) is 5.21. The van der Waals surface area contributed by atoms with Gasteiger partial charge in [-0.25, -0.2) is 26.6 Å². The zero-order valence-corrected chi connectivity index (χ0v) is 20.6. The van der Waals surface area contributed by atoms with Crippen molar-refractivity contribution in [2.75, 3.05) is 6.26 Å². The molecule has 190 valence electrons. The lowest BCUT2D eigenvalue weighted by Gasteiger charge is -2.38. The second kappa shape index (κ2) is 10.1.